The molecule has 0 atom stereocenters. The minimum Gasteiger partial charge on any atom is -0.451 e. The number of amidine groups is 1. The fourth-order valence-electron chi connectivity index (χ4n) is 2.20. The van der Waals surface area contributed by atoms with Crippen molar-refractivity contribution in [2.45, 2.75) is 19.8 Å². The fraction of sp³-hybridized carbons (Fsp3) is 0.294. The van der Waals surface area contributed by atoms with E-state index in [9.17, 15) is 0 Å². The number of pyridine rings is 1. The first-order chi connectivity index (χ1) is 12.0. The summed E-state index contributed by atoms with van der Waals surface area (Å²) in [5, 5.41) is 4.17. The Morgan fingerprint density at radius 2 is 2.20 bits per heavy atom. The molecule has 132 valence electrons. The molecule has 0 radical (unpaired) electrons. The highest BCUT2D eigenvalue weighted by Gasteiger charge is 2.15. The van der Waals surface area contributed by atoms with Gasteiger partial charge in [0.2, 0.25) is 0 Å². The lowest BCUT2D eigenvalue weighted by molar-refractivity contribution is 0.442. The van der Waals surface area contributed by atoms with E-state index in [1.54, 1.807) is 17.1 Å². The summed E-state index contributed by atoms with van der Waals surface area (Å²) in [5.41, 5.74) is 13.9. The van der Waals surface area contributed by atoms with Crippen LogP contribution in [-0.4, -0.2) is 34.0 Å². The largest absolute Gasteiger partial charge is 0.451 e. The standard InChI is InChI=1S/C17H23N7O/c1-11(2)13-7-21-14(12-6-23-24(4)9-12)5-15(13)25-16(8-20-3)17(19)22-10-18/h5-9,11H,3,10,18H2,1-2,4H3,(H2,19,22)/b16-8+. The summed E-state index contributed by atoms with van der Waals surface area (Å²) in [6, 6.07) is 1.85. The zero-order valence-electron chi connectivity index (χ0n) is 14.7. The van der Waals surface area contributed by atoms with Crippen molar-refractivity contribution in [1.29, 1.82) is 0 Å². The van der Waals surface area contributed by atoms with Gasteiger partial charge in [0.15, 0.2) is 11.6 Å². The van der Waals surface area contributed by atoms with Gasteiger partial charge in [0.25, 0.3) is 0 Å². The zero-order chi connectivity index (χ0) is 18.4. The first kappa shape index (κ1) is 18.3. The van der Waals surface area contributed by atoms with Crippen molar-refractivity contribution in [2.24, 2.45) is 28.5 Å². The number of hydrogen-bond donors (Lipinski definition) is 2. The van der Waals surface area contributed by atoms with Gasteiger partial charge in [-0.15, -0.1) is 0 Å². The maximum atomic E-state index is 5.98. The Labute approximate surface area is 146 Å². The van der Waals surface area contributed by atoms with Gasteiger partial charge < -0.3 is 16.2 Å². The van der Waals surface area contributed by atoms with Crippen molar-refractivity contribution >= 4 is 12.6 Å². The Balaban J connectivity index is 2.47. The van der Waals surface area contributed by atoms with Crippen LogP contribution in [0, 0.1) is 0 Å². The van der Waals surface area contributed by atoms with Crippen LogP contribution in [-0.2, 0) is 7.05 Å². The first-order valence-electron chi connectivity index (χ1n) is 7.79. The van der Waals surface area contributed by atoms with Crippen molar-refractivity contribution in [2.75, 3.05) is 6.67 Å². The second-order valence-electron chi connectivity index (χ2n) is 5.67. The maximum Gasteiger partial charge on any atom is 0.187 e. The van der Waals surface area contributed by atoms with E-state index in [2.05, 4.69) is 40.6 Å². The van der Waals surface area contributed by atoms with E-state index in [0.29, 0.717) is 5.75 Å². The van der Waals surface area contributed by atoms with Crippen molar-refractivity contribution in [3.63, 3.8) is 0 Å². The lowest BCUT2D eigenvalue weighted by atomic mass is 10.0. The predicted octanol–water partition coefficient (Wildman–Crippen LogP) is 1.80. The van der Waals surface area contributed by atoms with Crippen LogP contribution in [0.25, 0.3) is 11.3 Å². The summed E-state index contributed by atoms with van der Waals surface area (Å²) in [6.45, 7) is 7.60. The number of nitrogens with zero attached hydrogens (tertiary/aromatic N) is 5. The Hall–Kier alpha value is -3.00. The number of aromatic nitrogens is 3. The molecule has 0 spiro atoms. The maximum absolute atomic E-state index is 5.98. The summed E-state index contributed by atoms with van der Waals surface area (Å²) in [5.74, 6) is 1.26. The number of aliphatic imine (C=N–C) groups is 2. The molecule has 8 heteroatoms. The molecule has 8 nitrogen and oxygen atoms in total. The molecule has 2 aromatic heterocycles. The number of ether oxygens (including phenoxy) is 1. The smallest absolute Gasteiger partial charge is 0.187 e. The highest BCUT2D eigenvalue weighted by Crippen LogP contribution is 2.31. The predicted molar refractivity (Wildman–Crippen MR) is 99.5 cm³/mol. The highest BCUT2D eigenvalue weighted by molar-refractivity contribution is 5.95. The second-order valence-corrected chi connectivity index (χ2v) is 5.67. The molecule has 0 aliphatic rings. The van der Waals surface area contributed by atoms with E-state index in [0.717, 1.165) is 16.8 Å². The summed E-state index contributed by atoms with van der Waals surface area (Å²) in [7, 11) is 1.85. The molecule has 25 heavy (non-hydrogen) atoms. The molecule has 0 aliphatic carbocycles. The average Bonchev–Trinajstić information content (AvgIpc) is 3.01. The minimum absolute atomic E-state index is 0.0536. The van der Waals surface area contributed by atoms with Crippen LogP contribution >= 0.6 is 0 Å². The molecule has 0 bridgehead atoms. The Bertz CT molecular complexity index is 805. The van der Waals surface area contributed by atoms with Crippen LogP contribution in [0.1, 0.15) is 25.3 Å². The third-order valence-corrected chi connectivity index (χ3v) is 3.46. The van der Waals surface area contributed by atoms with E-state index in [1.807, 2.05) is 19.3 Å². The van der Waals surface area contributed by atoms with Crippen molar-refractivity contribution < 1.29 is 4.74 Å². The van der Waals surface area contributed by atoms with E-state index >= 15 is 0 Å². The van der Waals surface area contributed by atoms with Gasteiger partial charge in [0.05, 0.1) is 24.8 Å². The van der Waals surface area contributed by atoms with Gasteiger partial charge >= 0.3 is 0 Å². The van der Waals surface area contributed by atoms with Crippen LogP contribution in [0.15, 0.2) is 46.6 Å². The first-order valence-corrected chi connectivity index (χ1v) is 7.79. The summed E-state index contributed by atoms with van der Waals surface area (Å²) >= 11 is 0. The van der Waals surface area contributed by atoms with Crippen LogP contribution in [0.4, 0.5) is 0 Å². The molecule has 0 saturated carbocycles. The van der Waals surface area contributed by atoms with E-state index in [1.165, 1.54) is 6.20 Å². The van der Waals surface area contributed by atoms with Crippen molar-refractivity contribution in [1.82, 2.24) is 14.8 Å². The summed E-state index contributed by atoms with van der Waals surface area (Å²) in [4.78, 5) is 12.2. The monoisotopic (exact) mass is 341 g/mol. The third kappa shape index (κ3) is 4.51. The third-order valence-electron chi connectivity index (χ3n) is 3.46. The molecule has 0 amide bonds. The SMILES string of the molecule is C=N/C=C(/Oc1cc(-c2cnn(C)c2)ncc1C(C)C)C(N)=NCN. The average molecular weight is 341 g/mol. The van der Waals surface area contributed by atoms with Gasteiger partial charge in [-0.25, -0.2) is 0 Å². The highest BCUT2D eigenvalue weighted by atomic mass is 16.5. The molecule has 2 aromatic rings. The molecule has 0 unspecified atom stereocenters. The summed E-state index contributed by atoms with van der Waals surface area (Å²) < 4.78 is 7.69. The fourth-order valence-corrected chi connectivity index (χ4v) is 2.20. The number of hydrogen-bond acceptors (Lipinski definition) is 6. The summed E-state index contributed by atoms with van der Waals surface area (Å²) in [6.07, 6.45) is 6.82. The van der Waals surface area contributed by atoms with Gasteiger partial charge in [-0.05, 0) is 12.6 Å². The van der Waals surface area contributed by atoms with E-state index < -0.39 is 0 Å². The van der Waals surface area contributed by atoms with Gasteiger partial charge in [0, 0.05) is 36.6 Å². The number of nitrogens with two attached hydrogens (primary N) is 2. The Morgan fingerprint density at radius 3 is 2.76 bits per heavy atom. The molecule has 2 heterocycles. The van der Waals surface area contributed by atoms with Crippen LogP contribution < -0.4 is 16.2 Å². The number of rotatable bonds is 7. The second kappa shape index (κ2) is 8.20. The quantitative estimate of drug-likeness (QED) is 0.452. The molecular weight excluding hydrogens is 318 g/mol. The van der Waals surface area contributed by atoms with Crippen molar-refractivity contribution in [3.8, 4) is 17.0 Å². The zero-order valence-corrected chi connectivity index (χ0v) is 14.7. The molecule has 0 fully saturated rings. The van der Waals surface area contributed by atoms with Crippen molar-refractivity contribution in [3.05, 3.63) is 42.2 Å². The normalized spacial score (nSPS) is 12.5. The topological polar surface area (TPSA) is 117 Å². The Morgan fingerprint density at radius 1 is 1.44 bits per heavy atom. The van der Waals surface area contributed by atoms with Gasteiger partial charge in [-0.3, -0.25) is 19.7 Å². The van der Waals surface area contributed by atoms with E-state index in [-0.39, 0.29) is 24.2 Å². The lowest BCUT2D eigenvalue weighted by Crippen LogP contribution is -2.21. The van der Waals surface area contributed by atoms with Gasteiger partial charge in [0.1, 0.15) is 5.75 Å². The van der Waals surface area contributed by atoms with Gasteiger partial charge in [-0.2, -0.15) is 5.10 Å². The molecular formula is C17H23N7O. The minimum atomic E-state index is 0.0536. The van der Waals surface area contributed by atoms with Crippen LogP contribution in [0.3, 0.4) is 0 Å². The molecule has 4 N–H and O–H groups in total. The Kier molecular flexibility index (Phi) is 6.02. The number of aryl methyl sites for hydroxylation is 1. The molecule has 2 rings (SSSR count). The molecule has 0 aromatic carbocycles. The van der Waals surface area contributed by atoms with Gasteiger partial charge in [-0.1, -0.05) is 13.8 Å². The van der Waals surface area contributed by atoms with E-state index in [4.69, 9.17) is 16.2 Å². The molecule has 0 saturated heterocycles. The molecule has 0 aliphatic heterocycles. The lowest BCUT2D eigenvalue weighted by Gasteiger charge is -2.16. The van der Waals surface area contributed by atoms with Crippen LogP contribution in [0.2, 0.25) is 0 Å². The van der Waals surface area contributed by atoms with Crippen LogP contribution in [0.5, 0.6) is 5.75 Å².